The SMILES string of the molecule is C=NC=N/C(C#N)=N\CN1CC2CN(Cc3ccc(-n4c(-c5cccnc5N)nc5ccc(-c6ccccc6)nc54)cc3)CC2C1. The predicted molar refractivity (Wildman–Crippen MR) is 182 cm³/mol. The summed E-state index contributed by atoms with van der Waals surface area (Å²) < 4.78 is 2.08. The molecule has 0 radical (unpaired) electrons. The first-order valence-corrected chi connectivity index (χ1v) is 15.2. The fourth-order valence-electron chi connectivity index (χ4n) is 6.57. The van der Waals surface area contributed by atoms with E-state index >= 15 is 0 Å². The Hall–Kier alpha value is -5.57. The summed E-state index contributed by atoms with van der Waals surface area (Å²) in [5.41, 5.74) is 12.8. The first-order chi connectivity index (χ1) is 22.6. The number of benzene rings is 2. The molecule has 2 N–H and O–H groups in total. The minimum Gasteiger partial charge on any atom is -0.383 e. The van der Waals surface area contributed by atoms with Crippen LogP contribution >= 0.6 is 0 Å². The summed E-state index contributed by atoms with van der Waals surface area (Å²) in [6, 6.07) is 28.7. The van der Waals surface area contributed by atoms with E-state index in [0.717, 1.165) is 66.4 Å². The molecule has 2 aliphatic rings. The number of aliphatic imine (C=N–C) groups is 3. The van der Waals surface area contributed by atoms with Gasteiger partial charge in [-0.15, -0.1) is 0 Å². The van der Waals surface area contributed by atoms with Gasteiger partial charge in [0.2, 0.25) is 5.84 Å². The highest BCUT2D eigenvalue weighted by molar-refractivity contribution is 6.01. The predicted octanol–water partition coefficient (Wildman–Crippen LogP) is 4.70. The van der Waals surface area contributed by atoms with Crippen molar-refractivity contribution in [2.75, 3.05) is 38.6 Å². The number of amidine groups is 1. The quantitative estimate of drug-likeness (QED) is 0.199. The molecule has 7 rings (SSSR count). The van der Waals surface area contributed by atoms with Crippen LogP contribution in [0.4, 0.5) is 5.82 Å². The fourth-order valence-corrected chi connectivity index (χ4v) is 6.57. The van der Waals surface area contributed by atoms with E-state index in [2.05, 4.69) is 77.4 Å². The number of hydrogen-bond donors (Lipinski definition) is 1. The topological polar surface area (TPSA) is 137 Å². The fraction of sp³-hybridized carbons (Fsp3) is 0.229. The zero-order chi connectivity index (χ0) is 31.5. The summed E-state index contributed by atoms with van der Waals surface area (Å²) in [6.07, 6.45) is 2.94. The maximum atomic E-state index is 9.21. The Morgan fingerprint density at radius 1 is 0.935 bits per heavy atom. The monoisotopic (exact) mass is 607 g/mol. The molecule has 0 aliphatic carbocycles. The number of nitrogen functional groups attached to an aromatic ring is 1. The van der Waals surface area contributed by atoms with Gasteiger partial charge in [0.1, 0.15) is 23.7 Å². The smallest absolute Gasteiger partial charge is 0.230 e. The molecule has 11 heteroatoms. The number of imidazole rings is 1. The van der Waals surface area contributed by atoms with E-state index in [-0.39, 0.29) is 5.84 Å². The molecular formula is C35H33N11. The molecule has 0 bridgehead atoms. The van der Waals surface area contributed by atoms with Crippen molar-refractivity contribution in [1.29, 1.82) is 5.26 Å². The normalized spacial score (nSPS) is 18.7. The molecule has 2 atom stereocenters. The van der Waals surface area contributed by atoms with Crippen LogP contribution in [-0.4, -0.2) is 81.1 Å². The van der Waals surface area contributed by atoms with Gasteiger partial charge in [0.05, 0.1) is 17.9 Å². The van der Waals surface area contributed by atoms with Crippen LogP contribution in [0.15, 0.2) is 100 Å². The second-order valence-corrected chi connectivity index (χ2v) is 11.7. The van der Waals surface area contributed by atoms with Gasteiger partial charge in [-0.25, -0.2) is 24.9 Å². The Morgan fingerprint density at radius 3 is 2.41 bits per heavy atom. The molecule has 5 heterocycles. The molecule has 2 aliphatic heterocycles. The van der Waals surface area contributed by atoms with Gasteiger partial charge >= 0.3 is 0 Å². The van der Waals surface area contributed by atoms with Crippen LogP contribution in [0, 0.1) is 23.2 Å². The highest BCUT2D eigenvalue weighted by Crippen LogP contribution is 2.34. The lowest BCUT2D eigenvalue weighted by molar-refractivity contribution is 0.254. The molecule has 5 aromatic rings. The van der Waals surface area contributed by atoms with Crippen LogP contribution in [0.2, 0.25) is 0 Å². The van der Waals surface area contributed by atoms with Crippen LogP contribution in [0.25, 0.3) is 39.5 Å². The number of aromatic nitrogens is 4. The number of nitrogens with two attached hydrogens (primary N) is 1. The van der Waals surface area contributed by atoms with Gasteiger partial charge in [-0.1, -0.05) is 42.5 Å². The Kier molecular flexibility index (Phi) is 8.12. The van der Waals surface area contributed by atoms with E-state index in [1.165, 1.54) is 11.9 Å². The number of fused-ring (bicyclic) bond motifs is 2. The summed E-state index contributed by atoms with van der Waals surface area (Å²) >= 11 is 0. The average molecular weight is 608 g/mol. The molecule has 3 aromatic heterocycles. The van der Waals surface area contributed by atoms with Crippen LogP contribution in [0.3, 0.4) is 0 Å². The molecule has 0 spiro atoms. The lowest BCUT2D eigenvalue weighted by Gasteiger charge is -2.20. The van der Waals surface area contributed by atoms with Gasteiger partial charge < -0.3 is 5.73 Å². The van der Waals surface area contributed by atoms with Crippen molar-refractivity contribution in [2.24, 2.45) is 26.8 Å². The molecule has 0 amide bonds. The van der Waals surface area contributed by atoms with Crippen molar-refractivity contribution in [3.8, 4) is 34.4 Å². The number of pyridine rings is 2. The maximum Gasteiger partial charge on any atom is 0.230 e. The van der Waals surface area contributed by atoms with E-state index in [1.54, 1.807) is 6.20 Å². The zero-order valence-electron chi connectivity index (χ0n) is 25.3. The zero-order valence-corrected chi connectivity index (χ0v) is 25.3. The van der Waals surface area contributed by atoms with Crippen LogP contribution in [-0.2, 0) is 6.54 Å². The van der Waals surface area contributed by atoms with Crippen molar-refractivity contribution in [3.05, 3.63) is 90.6 Å². The molecule has 0 saturated carbocycles. The Bertz CT molecular complexity index is 1960. The van der Waals surface area contributed by atoms with Crippen molar-refractivity contribution in [3.63, 3.8) is 0 Å². The van der Waals surface area contributed by atoms with Crippen LogP contribution < -0.4 is 5.73 Å². The van der Waals surface area contributed by atoms with Crippen molar-refractivity contribution in [1.82, 2.24) is 29.3 Å². The van der Waals surface area contributed by atoms with Crippen LogP contribution in [0.1, 0.15) is 5.56 Å². The van der Waals surface area contributed by atoms with Gasteiger partial charge in [-0.2, -0.15) is 5.26 Å². The molecule has 2 aromatic carbocycles. The summed E-state index contributed by atoms with van der Waals surface area (Å²) in [6.45, 7) is 8.73. The number of likely N-dealkylation sites (tertiary alicyclic amines) is 2. The van der Waals surface area contributed by atoms with Gasteiger partial charge in [-0.05, 0) is 60.5 Å². The van der Waals surface area contributed by atoms with Gasteiger partial charge in [0.15, 0.2) is 11.5 Å². The van der Waals surface area contributed by atoms with E-state index in [9.17, 15) is 5.26 Å². The maximum absolute atomic E-state index is 9.21. The summed E-state index contributed by atoms with van der Waals surface area (Å²) in [5, 5.41) is 9.21. The first-order valence-electron chi connectivity index (χ1n) is 15.2. The lowest BCUT2D eigenvalue weighted by atomic mass is 10.0. The van der Waals surface area contributed by atoms with E-state index < -0.39 is 0 Å². The third-order valence-corrected chi connectivity index (χ3v) is 8.67. The molecule has 228 valence electrons. The number of nitrogens with zero attached hydrogens (tertiary/aromatic N) is 10. The molecule has 2 saturated heterocycles. The van der Waals surface area contributed by atoms with Gasteiger partial charge in [0.25, 0.3) is 0 Å². The highest BCUT2D eigenvalue weighted by atomic mass is 15.3. The number of anilines is 1. The molecular weight excluding hydrogens is 574 g/mol. The molecule has 11 nitrogen and oxygen atoms in total. The average Bonchev–Trinajstić information content (AvgIpc) is 3.77. The Labute approximate surface area is 267 Å². The van der Waals surface area contributed by atoms with E-state index in [4.69, 9.17) is 15.7 Å². The third kappa shape index (κ3) is 5.91. The largest absolute Gasteiger partial charge is 0.383 e. The number of hydrogen-bond acceptors (Lipinski definition) is 8. The second kappa shape index (κ2) is 12.8. The summed E-state index contributed by atoms with van der Waals surface area (Å²) in [4.78, 5) is 31.0. The third-order valence-electron chi connectivity index (χ3n) is 8.67. The van der Waals surface area contributed by atoms with Gasteiger partial charge in [0, 0.05) is 50.2 Å². The number of rotatable bonds is 8. The number of nitriles is 1. The first kappa shape index (κ1) is 29.2. The van der Waals surface area contributed by atoms with Crippen molar-refractivity contribution < 1.29 is 0 Å². The van der Waals surface area contributed by atoms with Crippen molar-refractivity contribution in [2.45, 2.75) is 6.54 Å². The van der Waals surface area contributed by atoms with Gasteiger partial charge in [-0.3, -0.25) is 19.4 Å². The summed E-state index contributed by atoms with van der Waals surface area (Å²) in [7, 11) is 0. The molecule has 2 fully saturated rings. The van der Waals surface area contributed by atoms with Crippen molar-refractivity contribution >= 4 is 35.9 Å². The Morgan fingerprint density at radius 2 is 1.70 bits per heavy atom. The minimum atomic E-state index is 0.127. The van der Waals surface area contributed by atoms with E-state index in [1.807, 2.05) is 48.5 Å². The van der Waals surface area contributed by atoms with Crippen LogP contribution in [0.5, 0.6) is 0 Å². The summed E-state index contributed by atoms with van der Waals surface area (Å²) in [5.74, 6) is 2.44. The second-order valence-electron chi connectivity index (χ2n) is 11.7. The molecule has 46 heavy (non-hydrogen) atoms. The Balaban J connectivity index is 1.10. The highest BCUT2D eigenvalue weighted by Gasteiger charge is 2.39. The minimum absolute atomic E-state index is 0.127. The standard InChI is InChI=1S/C35H33N11/c1-38-22-40-32(16-36)41-23-45-20-26-18-44(19-27(26)21-45)17-24-9-11-28(12-10-24)46-34(29-8-5-15-39-33(29)37)43-31-14-13-30(42-35(31)46)25-6-3-2-4-7-25/h2-15,22,26-27H,1,17-21,23H2,(H2,37,39)/b40-22?,41-32-. The lowest BCUT2D eigenvalue weighted by Crippen LogP contribution is -2.29. The van der Waals surface area contributed by atoms with E-state index in [0.29, 0.717) is 30.1 Å². The molecule has 2 unspecified atom stereocenters.